The summed E-state index contributed by atoms with van der Waals surface area (Å²) >= 11 is 0. The van der Waals surface area contributed by atoms with E-state index in [4.69, 9.17) is 35.8 Å². The van der Waals surface area contributed by atoms with Crippen LogP contribution in [0.3, 0.4) is 0 Å². The van der Waals surface area contributed by atoms with Gasteiger partial charge in [0.25, 0.3) is 0 Å². The minimum absolute atomic E-state index is 0.332. The van der Waals surface area contributed by atoms with Crippen molar-refractivity contribution in [3.05, 3.63) is 35.6 Å². The normalized spacial score (nSPS) is 13.8. The summed E-state index contributed by atoms with van der Waals surface area (Å²) in [6, 6.07) is 5.77. The summed E-state index contributed by atoms with van der Waals surface area (Å²) in [5.74, 6) is -0.332. The third kappa shape index (κ3) is 7.36. The molecule has 0 amide bonds. The molecule has 0 spiro atoms. The second-order valence-corrected chi connectivity index (χ2v) is 5.37. The van der Waals surface area contributed by atoms with Crippen LogP contribution in [0.15, 0.2) is 24.3 Å². The molecule has 0 aliphatic carbocycles. The quantitative estimate of drug-likeness (QED) is 0.356. The van der Waals surface area contributed by atoms with Gasteiger partial charge in [0.15, 0.2) is 0 Å². The molecule has 1 aromatic carbocycles. The molecule has 7 nitrogen and oxygen atoms in total. The number of hydrogen-bond acceptors (Lipinski definition) is 7. The van der Waals surface area contributed by atoms with E-state index in [2.05, 4.69) is 0 Å². The summed E-state index contributed by atoms with van der Waals surface area (Å²) in [7, 11) is -1.83. The Labute approximate surface area is 135 Å². The molecule has 7 N–H and O–H groups in total. The minimum Gasteiger partial charge on any atom is -0.402 e. The first kappa shape index (κ1) is 21.9. The highest BCUT2D eigenvalue weighted by Gasteiger charge is 2.30. The van der Waals surface area contributed by atoms with Crippen LogP contribution in [0.25, 0.3) is 0 Å². The van der Waals surface area contributed by atoms with Crippen LogP contribution in [0.2, 0.25) is 0 Å². The lowest BCUT2D eigenvalue weighted by Crippen LogP contribution is -2.50. The zero-order chi connectivity index (χ0) is 18.1. The Bertz CT molecular complexity index is 435. The van der Waals surface area contributed by atoms with Gasteiger partial charge in [-0.05, 0) is 31.0 Å². The van der Waals surface area contributed by atoms with Crippen molar-refractivity contribution in [2.45, 2.75) is 31.4 Å². The number of benzene rings is 1. The van der Waals surface area contributed by atoms with E-state index in [-0.39, 0.29) is 5.82 Å². The van der Waals surface area contributed by atoms with Crippen LogP contribution in [-0.2, 0) is 10.3 Å². The van der Waals surface area contributed by atoms with Gasteiger partial charge in [-0.3, -0.25) is 0 Å². The van der Waals surface area contributed by atoms with Crippen molar-refractivity contribution in [3.8, 4) is 0 Å². The smallest absolute Gasteiger partial charge is 0.402 e. The molecule has 0 aromatic heterocycles. The lowest BCUT2D eigenvalue weighted by Gasteiger charge is -2.29. The molecule has 0 fully saturated rings. The predicted octanol–water partition coefficient (Wildman–Crippen LogP) is -0.902. The van der Waals surface area contributed by atoms with Crippen molar-refractivity contribution in [2.75, 3.05) is 19.8 Å². The van der Waals surface area contributed by atoms with Crippen LogP contribution in [0.5, 0.6) is 0 Å². The summed E-state index contributed by atoms with van der Waals surface area (Å²) in [6.45, 7) is 2.37. The Hall–Kier alpha value is -1.07. The highest BCUT2D eigenvalue weighted by Crippen LogP contribution is 2.29. The van der Waals surface area contributed by atoms with Gasteiger partial charge in [-0.25, -0.2) is 4.39 Å². The third-order valence-electron chi connectivity index (χ3n) is 3.44. The zero-order valence-corrected chi connectivity index (χ0v) is 13.3. The maximum Gasteiger partial charge on any atom is 0.634 e. The van der Waals surface area contributed by atoms with E-state index in [1.165, 1.54) is 12.1 Å². The summed E-state index contributed by atoms with van der Waals surface area (Å²) < 4.78 is 17.7. The van der Waals surface area contributed by atoms with Gasteiger partial charge in [-0.15, -0.1) is 0 Å². The molecule has 1 atom stereocenters. The summed E-state index contributed by atoms with van der Waals surface area (Å²) in [6.07, 6.45) is 0.552. The van der Waals surface area contributed by atoms with E-state index in [9.17, 15) is 4.39 Å². The maximum atomic E-state index is 12.7. The summed E-state index contributed by atoms with van der Waals surface area (Å²) in [5.41, 5.74) is 3.83. The number of aliphatic hydroxyl groups excluding tert-OH is 3. The average molecular weight is 333 g/mol. The Kier molecular flexibility index (Phi) is 9.48. The zero-order valence-electron chi connectivity index (χ0n) is 13.3. The first-order valence-electron chi connectivity index (χ1n) is 7.08. The van der Waals surface area contributed by atoms with Crippen molar-refractivity contribution in [1.82, 2.24) is 0 Å². The van der Waals surface area contributed by atoms with Crippen LogP contribution in [0, 0.1) is 5.82 Å². The van der Waals surface area contributed by atoms with Crippen molar-refractivity contribution < 1.29 is 34.4 Å². The molecule has 1 unspecified atom stereocenters. The maximum absolute atomic E-state index is 12.7. The van der Waals surface area contributed by atoms with E-state index in [0.29, 0.717) is 12.0 Å². The first-order chi connectivity index (χ1) is 10.7. The monoisotopic (exact) mass is 333 g/mol. The Balaban J connectivity index is 0.000000515. The molecule has 0 aliphatic heterocycles. The van der Waals surface area contributed by atoms with Crippen LogP contribution in [0.1, 0.15) is 25.8 Å². The third-order valence-corrected chi connectivity index (χ3v) is 3.44. The number of rotatable bonds is 7. The molecule has 0 radical (unpaired) electrons. The van der Waals surface area contributed by atoms with Crippen molar-refractivity contribution in [3.63, 3.8) is 0 Å². The molecular weight excluding hydrogens is 308 g/mol. The summed E-state index contributed by atoms with van der Waals surface area (Å²) in [4.78, 5) is 0. The highest BCUT2D eigenvalue weighted by molar-refractivity contribution is 6.32. The second kappa shape index (κ2) is 9.94. The SMILES string of the molecule is CCC(C)(OB(O)O)c1ccc(F)cc1.NC(CO)(CO)CO. The molecular formula is C14H25BFNO6. The fraction of sp³-hybridized carbons (Fsp3) is 0.571. The van der Waals surface area contributed by atoms with E-state index < -0.39 is 38.3 Å². The fourth-order valence-corrected chi connectivity index (χ4v) is 1.54. The van der Waals surface area contributed by atoms with Gasteiger partial charge in [0.05, 0.1) is 31.0 Å². The van der Waals surface area contributed by atoms with Crippen molar-refractivity contribution >= 4 is 7.32 Å². The molecule has 0 heterocycles. The van der Waals surface area contributed by atoms with Crippen LogP contribution < -0.4 is 5.73 Å². The van der Waals surface area contributed by atoms with Crippen LogP contribution in [0.4, 0.5) is 4.39 Å². The molecule has 1 rings (SSSR count). The Morgan fingerprint density at radius 3 is 1.78 bits per heavy atom. The topological polar surface area (TPSA) is 136 Å². The Morgan fingerprint density at radius 1 is 1.09 bits per heavy atom. The fourth-order valence-electron chi connectivity index (χ4n) is 1.54. The highest BCUT2D eigenvalue weighted by atomic mass is 19.1. The van der Waals surface area contributed by atoms with Gasteiger partial charge in [-0.2, -0.15) is 0 Å². The number of aliphatic hydroxyl groups is 3. The van der Waals surface area contributed by atoms with E-state index >= 15 is 0 Å². The molecule has 0 saturated carbocycles. The first-order valence-corrected chi connectivity index (χ1v) is 7.08. The van der Waals surface area contributed by atoms with Gasteiger partial charge < -0.3 is 35.8 Å². The lowest BCUT2D eigenvalue weighted by molar-refractivity contribution is 0.0277. The van der Waals surface area contributed by atoms with Crippen molar-refractivity contribution in [2.24, 2.45) is 5.73 Å². The van der Waals surface area contributed by atoms with E-state index in [1.54, 1.807) is 19.1 Å². The minimum atomic E-state index is -1.83. The lowest BCUT2D eigenvalue weighted by atomic mass is 9.91. The average Bonchev–Trinajstić information content (AvgIpc) is 2.54. The van der Waals surface area contributed by atoms with Gasteiger partial charge in [0.2, 0.25) is 0 Å². The Morgan fingerprint density at radius 2 is 1.52 bits per heavy atom. The molecule has 0 aliphatic rings. The van der Waals surface area contributed by atoms with Crippen LogP contribution in [-0.4, -0.2) is 58.0 Å². The largest absolute Gasteiger partial charge is 0.634 e. The molecule has 0 saturated heterocycles. The van der Waals surface area contributed by atoms with E-state index in [0.717, 1.165) is 0 Å². The predicted molar refractivity (Wildman–Crippen MR) is 83.5 cm³/mol. The number of halogens is 1. The molecule has 132 valence electrons. The summed E-state index contributed by atoms with van der Waals surface area (Å²) in [5, 5.41) is 42.6. The molecule has 9 heteroatoms. The second-order valence-electron chi connectivity index (χ2n) is 5.37. The molecule has 0 bridgehead atoms. The standard InChI is InChI=1S/C10H14BFO3.C4H11NO3/c1-3-10(2,15-11(13)14)8-4-6-9(12)7-5-8;5-4(1-6,2-7)3-8/h4-7,13-14H,3H2,1-2H3;6-8H,1-3,5H2. The van der Waals surface area contributed by atoms with E-state index in [1.807, 2.05) is 6.92 Å². The van der Waals surface area contributed by atoms with Gasteiger partial charge >= 0.3 is 7.32 Å². The number of nitrogens with two attached hydrogens (primary N) is 1. The molecule has 23 heavy (non-hydrogen) atoms. The molecule has 1 aromatic rings. The van der Waals surface area contributed by atoms with Gasteiger partial charge in [-0.1, -0.05) is 19.1 Å². The van der Waals surface area contributed by atoms with Gasteiger partial charge in [0.1, 0.15) is 5.82 Å². The van der Waals surface area contributed by atoms with Crippen molar-refractivity contribution in [1.29, 1.82) is 0 Å². The van der Waals surface area contributed by atoms with Crippen LogP contribution >= 0.6 is 0 Å². The van der Waals surface area contributed by atoms with Gasteiger partial charge in [0, 0.05) is 0 Å². The number of hydrogen-bond donors (Lipinski definition) is 6.